The molecule has 0 saturated heterocycles. The minimum absolute atomic E-state index is 0.213. The first-order valence-electron chi connectivity index (χ1n) is 3.10. The maximum Gasteiger partial charge on any atom is 0.297 e. The quantitative estimate of drug-likeness (QED) is 0.363. The van der Waals surface area contributed by atoms with Crippen molar-refractivity contribution in [2.75, 3.05) is 0 Å². The van der Waals surface area contributed by atoms with Crippen LogP contribution in [-0.2, 0) is 4.84 Å². The molecule has 0 unspecified atom stereocenters. The Morgan fingerprint density at radius 2 is 2.00 bits per heavy atom. The highest BCUT2D eigenvalue weighted by molar-refractivity contribution is 4.58. The first-order chi connectivity index (χ1) is 4.54. The highest BCUT2D eigenvalue weighted by atomic mass is 17.0. The van der Waals surface area contributed by atoms with E-state index in [2.05, 4.69) is 4.84 Å². The zero-order valence-corrected chi connectivity index (χ0v) is 6.03. The van der Waals surface area contributed by atoms with Crippen molar-refractivity contribution >= 4 is 0 Å². The standard InChI is InChI=1S/C5H11NO4/c1-3-5(7,4-2)10-6(8)9/h7H,3-4H2,1-2H3. The Morgan fingerprint density at radius 1 is 1.60 bits per heavy atom. The molecule has 10 heavy (non-hydrogen) atoms. The Labute approximate surface area is 58.7 Å². The highest BCUT2D eigenvalue weighted by Crippen LogP contribution is 2.15. The van der Waals surface area contributed by atoms with E-state index in [1.807, 2.05) is 0 Å². The van der Waals surface area contributed by atoms with Gasteiger partial charge in [-0.15, -0.1) is 10.1 Å². The third kappa shape index (κ3) is 2.63. The second kappa shape index (κ2) is 3.36. The fourth-order valence-electron chi connectivity index (χ4n) is 0.518. The minimum Gasteiger partial charge on any atom is -0.366 e. The molecule has 0 amide bonds. The zero-order chi connectivity index (χ0) is 8.20. The maximum absolute atomic E-state index is 9.76. The molecule has 0 bridgehead atoms. The predicted octanol–water partition coefficient (Wildman–Crippen LogP) is 0.703. The second-order valence-electron chi connectivity index (χ2n) is 1.97. The van der Waals surface area contributed by atoms with E-state index < -0.39 is 10.9 Å². The van der Waals surface area contributed by atoms with Gasteiger partial charge in [0.05, 0.1) is 0 Å². The molecule has 5 heteroatoms. The molecule has 0 aliphatic heterocycles. The van der Waals surface area contributed by atoms with E-state index in [-0.39, 0.29) is 12.8 Å². The predicted molar refractivity (Wildman–Crippen MR) is 33.6 cm³/mol. The van der Waals surface area contributed by atoms with Crippen LogP contribution in [0, 0.1) is 10.1 Å². The summed E-state index contributed by atoms with van der Waals surface area (Å²) < 4.78 is 0. The first-order valence-corrected chi connectivity index (χ1v) is 3.10. The maximum atomic E-state index is 9.76. The van der Waals surface area contributed by atoms with Crippen LogP contribution in [0.1, 0.15) is 26.7 Å². The van der Waals surface area contributed by atoms with Crippen molar-refractivity contribution in [2.45, 2.75) is 32.5 Å². The van der Waals surface area contributed by atoms with Crippen LogP contribution in [0.4, 0.5) is 0 Å². The molecule has 0 radical (unpaired) electrons. The van der Waals surface area contributed by atoms with Gasteiger partial charge in [0.25, 0.3) is 5.09 Å². The summed E-state index contributed by atoms with van der Waals surface area (Å²) in [4.78, 5) is 13.8. The Kier molecular flexibility index (Phi) is 3.08. The molecular weight excluding hydrogens is 138 g/mol. The Bertz CT molecular complexity index is 121. The molecule has 0 atom stereocenters. The van der Waals surface area contributed by atoms with Crippen LogP contribution in [0.25, 0.3) is 0 Å². The number of nitrogens with zero attached hydrogens (tertiary/aromatic N) is 1. The van der Waals surface area contributed by atoms with Gasteiger partial charge in [0.2, 0.25) is 5.79 Å². The first kappa shape index (κ1) is 9.16. The topological polar surface area (TPSA) is 72.6 Å². The molecule has 0 aliphatic carbocycles. The molecular formula is C5H11NO4. The molecule has 5 nitrogen and oxygen atoms in total. The van der Waals surface area contributed by atoms with Gasteiger partial charge in [-0.2, -0.15) is 0 Å². The van der Waals surface area contributed by atoms with Crippen LogP contribution in [0.3, 0.4) is 0 Å². The molecule has 0 aliphatic rings. The van der Waals surface area contributed by atoms with Crippen molar-refractivity contribution in [2.24, 2.45) is 0 Å². The van der Waals surface area contributed by atoms with Crippen molar-refractivity contribution in [3.8, 4) is 0 Å². The average Bonchev–Trinajstić information content (AvgIpc) is 1.87. The average molecular weight is 149 g/mol. The van der Waals surface area contributed by atoms with Crippen molar-refractivity contribution in [3.63, 3.8) is 0 Å². The van der Waals surface area contributed by atoms with Gasteiger partial charge in [0.1, 0.15) is 0 Å². The third-order valence-electron chi connectivity index (χ3n) is 1.35. The van der Waals surface area contributed by atoms with Gasteiger partial charge >= 0.3 is 0 Å². The summed E-state index contributed by atoms with van der Waals surface area (Å²) in [5.41, 5.74) is 0. The van der Waals surface area contributed by atoms with Crippen molar-refractivity contribution in [3.05, 3.63) is 10.1 Å². The van der Waals surface area contributed by atoms with Crippen molar-refractivity contribution in [1.29, 1.82) is 0 Å². The molecule has 0 fully saturated rings. The molecule has 0 spiro atoms. The SMILES string of the molecule is CCC(O)(CC)O[N+](=O)[O-]. The summed E-state index contributed by atoms with van der Waals surface area (Å²) in [6, 6.07) is 0. The molecule has 1 N–H and O–H groups in total. The fourth-order valence-corrected chi connectivity index (χ4v) is 0.518. The highest BCUT2D eigenvalue weighted by Gasteiger charge is 2.26. The number of rotatable bonds is 4. The van der Waals surface area contributed by atoms with Gasteiger partial charge in [-0.25, -0.2) is 0 Å². The fraction of sp³-hybridized carbons (Fsp3) is 1.00. The van der Waals surface area contributed by atoms with Gasteiger partial charge in [0, 0.05) is 0 Å². The molecule has 0 rings (SSSR count). The Morgan fingerprint density at radius 3 is 2.10 bits per heavy atom. The Hall–Kier alpha value is -0.840. The van der Waals surface area contributed by atoms with Gasteiger partial charge in [-0.3, -0.25) is 4.84 Å². The number of aliphatic hydroxyl groups is 1. The molecule has 0 aromatic carbocycles. The Balaban J connectivity index is 3.92. The van der Waals surface area contributed by atoms with E-state index in [1.165, 1.54) is 0 Å². The molecule has 0 aromatic rings. The zero-order valence-electron chi connectivity index (χ0n) is 6.03. The molecule has 0 heterocycles. The van der Waals surface area contributed by atoms with E-state index >= 15 is 0 Å². The number of hydrogen-bond donors (Lipinski definition) is 1. The molecule has 60 valence electrons. The number of hydrogen-bond acceptors (Lipinski definition) is 4. The summed E-state index contributed by atoms with van der Waals surface area (Å²) in [6.45, 7) is 3.24. The van der Waals surface area contributed by atoms with E-state index in [9.17, 15) is 10.1 Å². The lowest BCUT2D eigenvalue weighted by Gasteiger charge is -2.21. The lowest BCUT2D eigenvalue weighted by Crippen LogP contribution is -2.32. The van der Waals surface area contributed by atoms with E-state index in [1.54, 1.807) is 13.8 Å². The van der Waals surface area contributed by atoms with Crippen molar-refractivity contribution < 1.29 is 15.0 Å². The normalized spacial score (nSPS) is 11.1. The summed E-state index contributed by atoms with van der Waals surface area (Å²) >= 11 is 0. The van der Waals surface area contributed by atoms with Crippen LogP contribution >= 0.6 is 0 Å². The lowest BCUT2D eigenvalue weighted by molar-refractivity contribution is -0.796. The third-order valence-corrected chi connectivity index (χ3v) is 1.35. The van der Waals surface area contributed by atoms with Crippen LogP contribution in [0.15, 0.2) is 0 Å². The van der Waals surface area contributed by atoms with Gasteiger partial charge in [-0.05, 0) is 12.8 Å². The van der Waals surface area contributed by atoms with Gasteiger partial charge in [0.15, 0.2) is 0 Å². The molecule has 0 aromatic heterocycles. The largest absolute Gasteiger partial charge is 0.366 e. The van der Waals surface area contributed by atoms with Crippen LogP contribution in [0.2, 0.25) is 0 Å². The van der Waals surface area contributed by atoms with Gasteiger partial charge in [-0.1, -0.05) is 13.8 Å². The van der Waals surface area contributed by atoms with Crippen LogP contribution in [0.5, 0.6) is 0 Å². The van der Waals surface area contributed by atoms with Crippen molar-refractivity contribution in [1.82, 2.24) is 0 Å². The van der Waals surface area contributed by atoms with E-state index in [0.29, 0.717) is 0 Å². The van der Waals surface area contributed by atoms with Gasteiger partial charge < -0.3 is 5.11 Å². The summed E-state index contributed by atoms with van der Waals surface area (Å²) in [5.74, 6) is -1.59. The lowest BCUT2D eigenvalue weighted by atomic mass is 10.2. The summed E-state index contributed by atoms with van der Waals surface area (Å²) in [5, 5.41) is 17.9. The van der Waals surface area contributed by atoms with E-state index in [0.717, 1.165) is 0 Å². The van der Waals surface area contributed by atoms with E-state index in [4.69, 9.17) is 5.11 Å². The molecule has 0 saturated carbocycles. The van der Waals surface area contributed by atoms with Crippen LogP contribution in [-0.4, -0.2) is 16.0 Å². The summed E-state index contributed by atoms with van der Waals surface area (Å²) in [7, 11) is 0. The minimum atomic E-state index is -1.59. The smallest absolute Gasteiger partial charge is 0.297 e. The second-order valence-corrected chi connectivity index (χ2v) is 1.97. The van der Waals surface area contributed by atoms with Crippen LogP contribution < -0.4 is 0 Å². The monoisotopic (exact) mass is 149 g/mol. The summed E-state index contributed by atoms with van der Waals surface area (Å²) in [6.07, 6.45) is 0.426.